The molecule has 0 spiro atoms. The number of rotatable bonds is 8. The Hall–Kier alpha value is -1.39. The third-order valence-electron chi connectivity index (χ3n) is 9.57. The van der Waals surface area contributed by atoms with Crippen LogP contribution in [0.3, 0.4) is 0 Å². The standard InChI is InChI=1S/C30H46FN.C3H4O.C2H6S.C2H6/c1-4-5-6-22-7-9-23(10-8-22)24-11-13-25(14-12-24)27-17-20-29(30(31)21-27)26-15-18-28(19-16-26)32(2)3;1-2-3-4;1-3-2;1-2/h4,17,20-26,28H,1,5-16,18-19H2,2-3H3;2-3H,1H2;1-2H3;1-2H3. The highest BCUT2D eigenvalue weighted by atomic mass is 32.2. The van der Waals surface area contributed by atoms with E-state index in [1.54, 1.807) is 11.8 Å². The zero-order chi connectivity index (χ0) is 30.6. The van der Waals surface area contributed by atoms with Crippen molar-refractivity contribution in [3.05, 3.63) is 60.5 Å². The van der Waals surface area contributed by atoms with Crippen molar-refractivity contribution in [2.24, 2.45) is 17.8 Å². The normalized spacial score (nSPS) is 27.5. The number of allylic oxidation sites excluding steroid dienone is 2. The average molecular weight is 588 g/mol. The summed E-state index contributed by atoms with van der Waals surface area (Å²) >= 11 is 1.75. The van der Waals surface area contributed by atoms with Gasteiger partial charge in [0, 0.05) is 6.04 Å². The molecule has 41 heavy (non-hydrogen) atoms. The van der Waals surface area contributed by atoms with Crippen molar-refractivity contribution in [2.45, 2.75) is 122 Å². The molecule has 0 unspecified atom stereocenters. The van der Waals surface area contributed by atoms with Gasteiger partial charge in [0.1, 0.15) is 12.1 Å². The molecule has 3 aliphatic carbocycles. The van der Waals surface area contributed by atoms with Crippen LogP contribution < -0.4 is 0 Å². The van der Waals surface area contributed by atoms with Crippen molar-refractivity contribution in [1.82, 2.24) is 4.90 Å². The van der Waals surface area contributed by atoms with Gasteiger partial charge in [0.15, 0.2) is 0 Å². The van der Waals surface area contributed by atoms with E-state index in [9.17, 15) is 0 Å². The molecular weight excluding hydrogens is 525 g/mol. The molecule has 4 rings (SSSR count). The summed E-state index contributed by atoms with van der Waals surface area (Å²) in [7, 11) is 4.34. The molecule has 0 saturated heterocycles. The lowest BCUT2D eigenvalue weighted by Gasteiger charge is -2.38. The van der Waals surface area contributed by atoms with Crippen LogP contribution in [0.5, 0.6) is 0 Å². The fourth-order valence-corrected chi connectivity index (χ4v) is 7.26. The molecule has 0 aliphatic heterocycles. The molecule has 0 atom stereocenters. The van der Waals surface area contributed by atoms with E-state index in [2.05, 4.69) is 50.4 Å². The first-order chi connectivity index (χ1) is 19.9. The van der Waals surface area contributed by atoms with Gasteiger partial charge < -0.3 is 4.90 Å². The molecule has 0 amide bonds. The van der Waals surface area contributed by atoms with E-state index in [1.165, 1.54) is 88.7 Å². The SMILES string of the molecule is C=CC=O.C=CCCC1CCC(C2CCC(c3ccc(C4CCC(N(C)C)CC4)c(F)c3)CC2)CC1.CC.CSC. The average Bonchev–Trinajstić information content (AvgIpc) is 3.02. The Balaban J connectivity index is 0.000000830. The largest absolute Gasteiger partial charge is 0.306 e. The Kier molecular flexibility index (Phi) is 20.4. The van der Waals surface area contributed by atoms with Gasteiger partial charge in [-0.3, -0.25) is 4.79 Å². The number of thioether (sulfide) groups is 1. The van der Waals surface area contributed by atoms with Crippen LogP contribution in [0.2, 0.25) is 0 Å². The van der Waals surface area contributed by atoms with Gasteiger partial charge in [-0.1, -0.05) is 51.5 Å². The number of halogens is 1. The fraction of sp³-hybridized carbons (Fsp3) is 0.703. The van der Waals surface area contributed by atoms with E-state index in [0.717, 1.165) is 36.2 Å². The number of benzene rings is 1. The van der Waals surface area contributed by atoms with Crippen molar-refractivity contribution >= 4 is 18.0 Å². The second kappa shape index (κ2) is 22.2. The second-order valence-corrected chi connectivity index (χ2v) is 13.1. The number of carbonyl (C=O) groups excluding carboxylic acids is 1. The summed E-state index contributed by atoms with van der Waals surface area (Å²) in [5, 5.41) is 0. The summed E-state index contributed by atoms with van der Waals surface area (Å²) < 4.78 is 15.1. The van der Waals surface area contributed by atoms with Crippen LogP contribution in [0.25, 0.3) is 0 Å². The third-order valence-corrected chi connectivity index (χ3v) is 9.57. The first-order valence-corrected chi connectivity index (χ1v) is 18.0. The number of hydrogen-bond acceptors (Lipinski definition) is 3. The maximum atomic E-state index is 15.1. The highest BCUT2D eigenvalue weighted by molar-refractivity contribution is 7.97. The van der Waals surface area contributed by atoms with Crippen molar-refractivity contribution in [3.8, 4) is 0 Å². The molecule has 234 valence electrons. The predicted octanol–water partition coefficient (Wildman–Crippen LogP) is 10.8. The summed E-state index contributed by atoms with van der Waals surface area (Å²) in [5.41, 5.74) is 2.24. The third kappa shape index (κ3) is 13.2. The first-order valence-electron chi connectivity index (χ1n) is 16.4. The zero-order valence-electron chi connectivity index (χ0n) is 27.4. The molecule has 4 heteroatoms. The fourth-order valence-electron chi connectivity index (χ4n) is 7.26. The molecule has 3 fully saturated rings. The Morgan fingerprint density at radius 2 is 1.34 bits per heavy atom. The maximum absolute atomic E-state index is 15.1. The minimum atomic E-state index is 0.0655. The minimum Gasteiger partial charge on any atom is -0.306 e. The summed E-state index contributed by atoms with van der Waals surface area (Å²) in [6.45, 7) is 11.0. The number of aldehydes is 1. The van der Waals surface area contributed by atoms with Crippen LogP contribution in [-0.4, -0.2) is 43.8 Å². The van der Waals surface area contributed by atoms with Gasteiger partial charge in [0.25, 0.3) is 0 Å². The van der Waals surface area contributed by atoms with Crippen molar-refractivity contribution in [1.29, 1.82) is 0 Å². The van der Waals surface area contributed by atoms with Crippen LogP contribution in [0.4, 0.5) is 4.39 Å². The Morgan fingerprint density at radius 3 is 1.78 bits per heavy atom. The van der Waals surface area contributed by atoms with Gasteiger partial charge in [-0.25, -0.2) is 4.39 Å². The quantitative estimate of drug-likeness (QED) is 0.171. The molecule has 0 aromatic heterocycles. The second-order valence-electron chi connectivity index (χ2n) is 12.3. The molecule has 1 aromatic carbocycles. The Morgan fingerprint density at radius 1 is 0.854 bits per heavy atom. The van der Waals surface area contributed by atoms with Gasteiger partial charge >= 0.3 is 0 Å². The van der Waals surface area contributed by atoms with E-state index in [-0.39, 0.29) is 5.82 Å². The van der Waals surface area contributed by atoms with E-state index < -0.39 is 0 Å². The lowest BCUT2D eigenvalue weighted by atomic mass is 9.68. The number of hydrogen-bond donors (Lipinski definition) is 0. The van der Waals surface area contributed by atoms with Crippen LogP contribution in [0, 0.1) is 23.6 Å². The van der Waals surface area contributed by atoms with E-state index in [4.69, 9.17) is 4.79 Å². The summed E-state index contributed by atoms with van der Waals surface area (Å²) in [6.07, 6.45) is 26.1. The van der Waals surface area contributed by atoms with Crippen LogP contribution >= 0.6 is 11.8 Å². The Bertz CT molecular complexity index is 825. The van der Waals surface area contributed by atoms with Gasteiger partial charge in [-0.2, -0.15) is 11.8 Å². The lowest BCUT2D eigenvalue weighted by Crippen LogP contribution is -2.31. The molecular formula is C37H62FNOS. The van der Waals surface area contributed by atoms with Gasteiger partial charge in [-0.05, 0) is 157 Å². The Labute approximate surface area is 258 Å². The minimum absolute atomic E-state index is 0.0655. The topological polar surface area (TPSA) is 20.3 Å². The van der Waals surface area contributed by atoms with E-state index >= 15 is 4.39 Å². The molecule has 0 heterocycles. The highest BCUT2D eigenvalue weighted by Crippen LogP contribution is 2.45. The monoisotopic (exact) mass is 587 g/mol. The van der Waals surface area contributed by atoms with Crippen molar-refractivity contribution < 1.29 is 9.18 Å². The van der Waals surface area contributed by atoms with Crippen molar-refractivity contribution in [3.63, 3.8) is 0 Å². The molecule has 1 aromatic rings. The van der Waals surface area contributed by atoms with Crippen LogP contribution in [0.1, 0.15) is 127 Å². The smallest absolute Gasteiger partial charge is 0.142 e. The van der Waals surface area contributed by atoms with Crippen LogP contribution in [0.15, 0.2) is 43.5 Å². The molecule has 3 saturated carbocycles. The van der Waals surface area contributed by atoms with Gasteiger partial charge in [-0.15, -0.1) is 6.58 Å². The number of nitrogens with zero attached hydrogens (tertiary/aromatic N) is 1. The lowest BCUT2D eigenvalue weighted by molar-refractivity contribution is -0.104. The maximum Gasteiger partial charge on any atom is 0.142 e. The summed E-state index contributed by atoms with van der Waals surface area (Å²) in [5.74, 6) is 3.87. The molecule has 2 nitrogen and oxygen atoms in total. The summed E-state index contributed by atoms with van der Waals surface area (Å²) in [6, 6.07) is 6.99. The van der Waals surface area contributed by atoms with Crippen LogP contribution in [-0.2, 0) is 4.79 Å². The van der Waals surface area contributed by atoms with E-state index in [1.807, 2.05) is 32.4 Å². The number of carbonyl (C=O) groups is 1. The molecule has 0 bridgehead atoms. The molecule has 0 N–H and O–H groups in total. The first kappa shape index (κ1) is 37.6. The van der Waals surface area contributed by atoms with Crippen molar-refractivity contribution in [2.75, 3.05) is 26.6 Å². The summed E-state index contributed by atoms with van der Waals surface area (Å²) in [4.78, 5) is 11.4. The van der Waals surface area contributed by atoms with Gasteiger partial charge in [0.2, 0.25) is 0 Å². The zero-order valence-corrected chi connectivity index (χ0v) is 28.2. The van der Waals surface area contributed by atoms with E-state index in [0.29, 0.717) is 24.2 Å². The predicted molar refractivity (Wildman–Crippen MR) is 182 cm³/mol. The highest BCUT2D eigenvalue weighted by Gasteiger charge is 2.32. The molecule has 0 radical (unpaired) electrons. The molecule has 3 aliphatic rings. The van der Waals surface area contributed by atoms with Gasteiger partial charge in [0.05, 0.1) is 0 Å².